The molecule has 0 aliphatic heterocycles. The van der Waals surface area contributed by atoms with Gasteiger partial charge in [0.05, 0.1) is 0 Å². The third-order valence-corrected chi connectivity index (χ3v) is 20.6. The van der Waals surface area contributed by atoms with Crippen molar-refractivity contribution < 1.29 is 22.2 Å². The highest BCUT2D eigenvalue weighted by atomic mass is 28.4. The van der Waals surface area contributed by atoms with E-state index in [0.717, 1.165) is 22.5 Å². The molecule has 0 saturated heterocycles. The van der Waals surface area contributed by atoms with Gasteiger partial charge in [-0.15, -0.1) is 0 Å². The van der Waals surface area contributed by atoms with Crippen LogP contribution in [0.15, 0.2) is 72.8 Å². The van der Waals surface area contributed by atoms with Gasteiger partial charge < -0.3 is 17.4 Å². The average molecular weight is 547 g/mol. The molecule has 0 unspecified atom stereocenters. The van der Waals surface area contributed by atoms with Crippen molar-refractivity contribution in [3.05, 3.63) is 72.8 Å². The number of carbonyl (C=O) groups is 1. The van der Waals surface area contributed by atoms with Crippen molar-refractivity contribution in [1.29, 1.82) is 0 Å². The first-order chi connectivity index (χ1) is 16.2. The standard InChI is InChI=1S/C26H42O5Si4/c1-23(2)26(27)29-22-34(8,9)30-32(4,5)20-21-33(6,7)31-35(28-3,24-16-12-10-13-17-24)25-18-14-11-15-19-25/h10-19H,1,20-22H2,2-9H3. The highest BCUT2D eigenvalue weighted by Gasteiger charge is 2.47. The molecule has 0 heterocycles. The third-order valence-electron chi connectivity index (χ3n) is 5.80. The monoisotopic (exact) mass is 546 g/mol. The first kappa shape index (κ1) is 29.6. The lowest BCUT2D eigenvalue weighted by atomic mass is 10.4. The largest absolute Gasteiger partial charge is 0.463 e. The molecule has 0 amide bonds. The van der Waals surface area contributed by atoms with Crippen LogP contribution < -0.4 is 10.4 Å². The normalized spacial score (nSPS) is 12.9. The molecule has 0 atom stereocenters. The second kappa shape index (κ2) is 12.1. The summed E-state index contributed by atoms with van der Waals surface area (Å²) in [7, 11) is -7.41. The van der Waals surface area contributed by atoms with Crippen LogP contribution in [0.3, 0.4) is 0 Å². The SMILES string of the molecule is C=C(C)C(=O)OC[Si](C)(C)O[Si](C)(C)CC[Si](C)(C)O[Si](OC)(c1ccccc1)c1ccccc1. The molecule has 192 valence electrons. The molecule has 0 aliphatic rings. The predicted octanol–water partition coefficient (Wildman–Crippen LogP) is 5.20. The Labute approximate surface area is 216 Å². The topological polar surface area (TPSA) is 54.0 Å². The summed E-state index contributed by atoms with van der Waals surface area (Å²) in [4.78, 5) is 11.8. The molecule has 0 spiro atoms. The number of benzene rings is 2. The highest BCUT2D eigenvalue weighted by molar-refractivity contribution is 6.98. The second-order valence-corrected chi connectivity index (χ2v) is 27.2. The Kier molecular flexibility index (Phi) is 10.2. The lowest BCUT2D eigenvalue weighted by molar-refractivity contribution is -0.137. The molecule has 0 bridgehead atoms. The highest BCUT2D eigenvalue weighted by Crippen LogP contribution is 2.27. The zero-order valence-corrected chi connectivity index (χ0v) is 26.6. The van der Waals surface area contributed by atoms with Crippen molar-refractivity contribution in [3.63, 3.8) is 0 Å². The Balaban J connectivity index is 2.17. The fraction of sp³-hybridized carbons (Fsp3) is 0.423. The van der Waals surface area contributed by atoms with Crippen molar-refractivity contribution in [3.8, 4) is 0 Å². The Bertz CT molecular complexity index is 938. The number of esters is 1. The summed E-state index contributed by atoms with van der Waals surface area (Å²) in [5, 5.41) is 2.24. The molecule has 0 aromatic heterocycles. The van der Waals surface area contributed by atoms with Gasteiger partial charge in [0.2, 0.25) is 8.32 Å². The molecule has 5 nitrogen and oxygen atoms in total. The van der Waals surface area contributed by atoms with Gasteiger partial charge in [-0.25, -0.2) is 4.79 Å². The Morgan fingerprint density at radius 1 is 0.743 bits per heavy atom. The van der Waals surface area contributed by atoms with Gasteiger partial charge in [0, 0.05) is 12.7 Å². The van der Waals surface area contributed by atoms with E-state index in [2.05, 4.69) is 70.1 Å². The van der Waals surface area contributed by atoms with E-state index in [-0.39, 0.29) is 5.97 Å². The van der Waals surface area contributed by atoms with Crippen LogP contribution in [0.25, 0.3) is 0 Å². The van der Waals surface area contributed by atoms with Crippen molar-refractivity contribution in [2.45, 2.75) is 58.3 Å². The summed E-state index contributed by atoms with van der Waals surface area (Å²) in [6, 6.07) is 22.7. The minimum Gasteiger partial charge on any atom is -0.463 e. The van der Waals surface area contributed by atoms with E-state index in [1.807, 2.05) is 36.4 Å². The predicted molar refractivity (Wildman–Crippen MR) is 155 cm³/mol. The molecule has 35 heavy (non-hydrogen) atoms. The van der Waals surface area contributed by atoms with Crippen LogP contribution in [0, 0.1) is 0 Å². The minimum atomic E-state index is -2.86. The zero-order chi connectivity index (χ0) is 26.3. The van der Waals surface area contributed by atoms with Gasteiger partial charge in [-0.05, 0) is 68.7 Å². The van der Waals surface area contributed by atoms with Crippen molar-refractivity contribution >= 4 is 49.9 Å². The van der Waals surface area contributed by atoms with Crippen molar-refractivity contribution in [2.24, 2.45) is 0 Å². The zero-order valence-electron chi connectivity index (χ0n) is 22.6. The van der Waals surface area contributed by atoms with Crippen LogP contribution in [-0.4, -0.2) is 52.8 Å². The van der Waals surface area contributed by atoms with E-state index in [4.69, 9.17) is 17.4 Å². The van der Waals surface area contributed by atoms with Crippen molar-refractivity contribution in [2.75, 3.05) is 13.3 Å². The molecular weight excluding hydrogens is 505 g/mol. The molecule has 2 rings (SSSR count). The van der Waals surface area contributed by atoms with Crippen LogP contribution in [0.5, 0.6) is 0 Å². The number of carbonyl (C=O) groups excluding carboxylic acids is 1. The molecular formula is C26H42O5Si4. The lowest BCUT2D eigenvalue weighted by Crippen LogP contribution is -2.66. The maximum absolute atomic E-state index is 11.8. The summed E-state index contributed by atoms with van der Waals surface area (Å²) in [5.74, 6) is -0.349. The average Bonchev–Trinajstić information content (AvgIpc) is 2.80. The van der Waals surface area contributed by atoms with E-state index in [0.29, 0.717) is 11.8 Å². The molecule has 9 heteroatoms. The maximum atomic E-state index is 11.8. The molecule has 2 aromatic rings. The summed E-state index contributed by atoms with van der Waals surface area (Å²) in [6.07, 6.45) is 0.341. The first-order valence-corrected chi connectivity index (χ1v) is 23.3. The number of hydrogen-bond acceptors (Lipinski definition) is 5. The molecule has 0 radical (unpaired) electrons. The number of hydrogen-bond donors (Lipinski definition) is 0. The van der Waals surface area contributed by atoms with Crippen LogP contribution in [0.1, 0.15) is 6.92 Å². The first-order valence-electron chi connectivity index (χ1n) is 12.1. The van der Waals surface area contributed by atoms with Crippen molar-refractivity contribution in [1.82, 2.24) is 0 Å². The molecule has 2 aromatic carbocycles. The van der Waals surface area contributed by atoms with Gasteiger partial charge in [0.15, 0.2) is 16.6 Å². The molecule has 0 saturated carbocycles. The fourth-order valence-corrected chi connectivity index (χ4v) is 22.9. The van der Waals surface area contributed by atoms with Crippen LogP contribution in [-0.2, 0) is 22.2 Å². The smallest absolute Gasteiger partial charge is 0.396 e. The summed E-state index contributed by atoms with van der Waals surface area (Å²) in [5.41, 5.74) is 0.416. The Morgan fingerprint density at radius 3 is 1.57 bits per heavy atom. The molecule has 0 aliphatic carbocycles. The quantitative estimate of drug-likeness (QED) is 0.196. The van der Waals surface area contributed by atoms with E-state index < -0.39 is 33.5 Å². The van der Waals surface area contributed by atoms with E-state index >= 15 is 0 Å². The second-order valence-electron chi connectivity index (χ2n) is 10.9. The van der Waals surface area contributed by atoms with Gasteiger partial charge in [0.1, 0.15) is 6.23 Å². The van der Waals surface area contributed by atoms with Gasteiger partial charge in [-0.3, -0.25) is 0 Å². The van der Waals surface area contributed by atoms with Gasteiger partial charge >= 0.3 is 14.5 Å². The number of ether oxygens (including phenoxy) is 1. The van der Waals surface area contributed by atoms with Crippen LogP contribution >= 0.6 is 0 Å². The minimum absolute atomic E-state index is 0.341. The Morgan fingerprint density at radius 2 is 1.17 bits per heavy atom. The molecule has 0 fully saturated rings. The van der Waals surface area contributed by atoms with Crippen LogP contribution in [0.2, 0.25) is 51.4 Å². The summed E-state index contributed by atoms with van der Waals surface area (Å²) < 4.78 is 25.6. The third kappa shape index (κ3) is 8.78. The van der Waals surface area contributed by atoms with Crippen LogP contribution in [0.4, 0.5) is 0 Å². The summed E-state index contributed by atoms with van der Waals surface area (Å²) in [6.45, 7) is 18.6. The summed E-state index contributed by atoms with van der Waals surface area (Å²) >= 11 is 0. The van der Waals surface area contributed by atoms with E-state index in [1.165, 1.54) is 0 Å². The van der Waals surface area contributed by atoms with Gasteiger partial charge in [0.25, 0.3) is 0 Å². The fourth-order valence-electron chi connectivity index (χ4n) is 4.11. The van der Waals surface area contributed by atoms with Gasteiger partial charge in [-0.1, -0.05) is 67.2 Å². The maximum Gasteiger partial charge on any atom is 0.396 e. The lowest BCUT2D eigenvalue weighted by Gasteiger charge is -2.39. The Hall–Kier alpha value is -1.60. The number of rotatable bonds is 13. The van der Waals surface area contributed by atoms with E-state index in [9.17, 15) is 4.79 Å². The molecule has 0 N–H and O–H groups in total. The van der Waals surface area contributed by atoms with E-state index in [1.54, 1.807) is 14.0 Å². The van der Waals surface area contributed by atoms with Gasteiger partial charge in [-0.2, -0.15) is 0 Å².